The van der Waals surface area contributed by atoms with Crippen LogP contribution in [0.25, 0.3) is 0 Å². The third kappa shape index (κ3) is 5.72. The van der Waals surface area contributed by atoms with Crippen LogP contribution >= 0.6 is 11.9 Å². The van der Waals surface area contributed by atoms with Gasteiger partial charge in [0, 0.05) is 0 Å². The van der Waals surface area contributed by atoms with Crippen molar-refractivity contribution >= 4 is 17.8 Å². The van der Waals surface area contributed by atoms with E-state index < -0.39 is 5.97 Å². The van der Waals surface area contributed by atoms with Crippen LogP contribution < -0.4 is 0 Å². The third-order valence-electron chi connectivity index (χ3n) is 0.393. The van der Waals surface area contributed by atoms with E-state index in [1.807, 2.05) is 0 Å². The molecule has 0 bridgehead atoms. The van der Waals surface area contributed by atoms with Crippen molar-refractivity contribution in [2.45, 2.75) is 6.42 Å². The fourth-order valence-corrected chi connectivity index (χ4v) is 0.203. The van der Waals surface area contributed by atoms with Crippen molar-refractivity contribution < 1.29 is 14.2 Å². The van der Waals surface area contributed by atoms with Crippen LogP contribution in [0, 0.1) is 0 Å². The van der Waals surface area contributed by atoms with Crippen LogP contribution in [-0.2, 0) is 9.08 Å². The Morgan fingerprint density at radius 1 is 1.86 bits per heavy atom. The van der Waals surface area contributed by atoms with Gasteiger partial charge in [-0.15, -0.1) is 0 Å². The van der Waals surface area contributed by atoms with Gasteiger partial charge in [-0.25, -0.2) is 0 Å². The molecule has 7 heavy (non-hydrogen) atoms. The number of carboxylic acid groups (broad SMARTS) is 1. The van der Waals surface area contributed by atoms with E-state index in [1.54, 1.807) is 0 Å². The second-order valence-electron chi connectivity index (χ2n) is 0.957. The number of carbonyl (C=O) groups is 1. The molecule has 0 aromatic rings. The minimum atomic E-state index is -0.902. The highest BCUT2D eigenvalue weighted by Gasteiger charge is 1.92. The molecule has 0 saturated heterocycles. The SMILES string of the molecule is O=C(O)CCOCl. The Morgan fingerprint density at radius 3 is 2.57 bits per heavy atom. The van der Waals surface area contributed by atoms with E-state index in [0.29, 0.717) is 0 Å². The largest absolute Gasteiger partial charge is 0.481 e. The summed E-state index contributed by atoms with van der Waals surface area (Å²) in [5.74, 6) is -0.902. The van der Waals surface area contributed by atoms with Gasteiger partial charge in [-0.2, -0.15) is 0 Å². The lowest BCUT2D eigenvalue weighted by Crippen LogP contribution is -1.97. The first-order chi connectivity index (χ1) is 3.27. The van der Waals surface area contributed by atoms with Gasteiger partial charge in [0.25, 0.3) is 0 Å². The Hall–Kier alpha value is -0.280. The van der Waals surface area contributed by atoms with Gasteiger partial charge in [0.15, 0.2) is 0 Å². The maximum atomic E-state index is 9.62. The first-order valence-corrected chi connectivity index (χ1v) is 2.03. The van der Waals surface area contributed by atoms with Crippen molar-refractivity contribution in [3.8, 4) is 0 Å². The van der Waals surface area contributed by atoms with Gasteiger partial charge in [0.05, 0.1) is 24.9 Å². The van der Waals surface area contributed by atoms with Crippen molar-refractivity contribution in [3.63, 3.8) is 0 Å². The van der Waals surface area contributed by atoms with E-state index in [2.05, 4.69) is 16.2 Å². The Kier molecular flexibility index (Phi) is 3.74. The van der Waals surface area contributed by atoms with E-state index >= 15 is 0 Å². The molecule has 42 valence electrons. The van der Waals surface area contributed by atoms with Crippen LogP contribution in [0.5, 0.6) is 0 Å². The molecule has 0 aromatic heterocycles. The molecule has 0 aromatic carbocycles. The fraction of sp³-hybridized carbons (Fsp3) is 0.667. The van der Waals surface area contributed by atoms with Gasteiger partial charge in [-0.05, 0) is 0 Å². The lowest BCUT2D eigenvalue weighted by Gasteiger charge is -1.85. The zero-order chi connectivity index (χ0) is 5.70. The third-order valence-corrected chi connectivity index (χ3v) is 0.547. The normalized spacial score (nSPS) is 8.71. The van der Waals surface area contributed by atoms with E-state index in [9.17, 15) is 4.79 Å². The molecule has 0 spiro atoms. The predicted octanol–water partition coefficient (Wildman–Crippen LogP) is 0.631. The molecule has 0 radical (unpaired) electrons. The van der Waals surface area contributed by atoms with Gasteiger partial charge in [0.1, 0.15) is 0 Å². The highest BCUT2D eigenvalue weighted by molar-refractivity contribution is 6.07. The first kappa shape index (κ1) is 6.72. The van der Waals surface area contributed by atoms with Gasteiger partial charge in [0.2, 0.25) is 0 Å². The monoisotopic (exact) mass is 124 g/mol. The molecule has 0 unspecified atom stereocenters. The first-order valence-electron chi connectivity index (χ1n) is 1.72. The predicted molar refractivity (Wildman–Crippen MR) is 24.1 cm³/mol. The molecule has 0 aliphatic rings. The second-order valence-corrected chi connectivity index (χ2v) is 1.18. The molecule has 0 saturated carbocycles. The lowest BCUT2D eigenvalue weighted by atomic mass is 10.5. The summed E-state index contributed by atoms with van der Waals surface area (Å²) >= 11 is 4.68. The molecular formula is C3H5ClO3. The number of hydrogen-bond acceptors (Lipinski definition) is 2. The van der Waals surface area contributed by atoms with E-state index in [4.69, 9.17) is 5.11 Å². The van der Waals surface area contributed by atoms with Crippen LogP contribution in [0.2, 0.25) is 0 Å². The molecular weight excluding hydrogens is 119 g/mol. The summed E-state index contributed by atoms with van der Waals surface area (Å²) in [4.78, 5) is 9.62. The lowest BCUT2D eigenvalue weighted by molar-refractivity contribution is -0.137. The molecule has 0 aliphatic heterocycles. The quantitative estimate of drug-likeness (QED) is 0.600. The van der Waals surface area contributed by atoms with Crippen LogP contribution in [0.3, 0.4) is 0 Å². The van der Waals surface area contributed by atoms with Crippen LogP contribution in [0.1, 0.15) is 6.42 Å². The number of hydrogen-bond donors (Lipinski definition) is 1. The number of carboxylic acids is 1. The maximum absolute atomic E-state index is 9.62. The molecule has 0 atom stereocenters. The standard InChI is InChI=1S/C3H5ClO3/c4-7-2-1-3(5)6/h1-2H2,(H,5,6). The van der Waals surface area contributed by atoms with Gasteiger partial charge >= 0.3 is 5.97 Å². The second kappa shape index (κ2) is 3.89. The van der Waals surface area contributed by atoms with Gasteiger partial charge in [-0.3, -0.25) is 9.08 Å². The molecule has 0 rings (SSSR count). The average molecular weight is 125 g/mol. The molecule has 0 heterocycles. The minimum Gasteiger partial charge on any atom is -0.481 e. The van der Waals surface area contributed by atoms with E-state index in [-0.39, 0.29) is 13.0 Å². The topological polar surface area (TPSA) is 46.5 Å². The summed E-state index contributed by atoms with van der Waals surface area (Å²) in [6.45, 7) is 0.0664. The number of halogens is 1. The summed E-state index contributed by atoms with van der Waals surface area (Å²) in [6, 6.07) is 0. The fourth-order valence-electron chi connectivity index (χ4n) is 0.126. The van der Waals surface area contributed by atoms with Gasteiger partial charge < -0.3 is 5.11 Å². The van der Waals surface area contributed by atoms with E-state index in [0.717, 1.165) is 0 Å². The highest BCUT2D eigenvalue weighted by atomic mass is 35.5. The molecule has 0 amide bonds. The summed E-state index contributed by atoms with van der Waals surface area (Å²) in [5, 5.41) is 7.91. The summed E-state index contributed by atoms with van der Waals surface area (Å²) in [6.07, 6.45) is -0.0382. The van der Waals surface area contributed by atoms with Crippen LogP contribution in [0.15, 0.2) is 0 Å². The Labute approximate surface area is 46.0 Å². The van der Waals surface area contributed by atoms with Crippen molar-refractivity contribution in [1.82, 2.24) is 0 Å². The zero-order valence-corrected chi connectivity index (χ0v) is 4.31. The molecule has 0 aliphatic carbocycles. The molecule has 0 fully saturated rings. The Bertz CT molecular complexity index is 63.2. The molecule has 4 heteroatoms. The van der Waals surface area contributed by atoms with Crippen molar-refractivity contribution in [3.05, 3.63) is 0 Å². The van der Waals surface area contributed by atoms with Crippen LogP contribution in [-0.4, -0.2) is 17.7 Å². The Balaban J connectivity index is 2.82. The van der Waals surface area contributed by atoms with Crippen molar-refractivity contribution in [2.75, 3.05) is 6.61 Å². The summed E-state index contributed by atoms with van der Waals surface area (Å²) < 4.78 is 3.94. The van der Waals surface area contributed by atoms with E-state index in [1.165, 1.54) is 0 Å². The maximum Gasteiger partial charge on any atom is 0.305 e. The van der Waals surface area contributed by atoms with Crippen molar-refractivity contribution in [2.24, 2.45) is 0 Å². The smallest absolute Gasteiger partial charge is 0.305 e. The minimum absolute atomic E-state index is 0.0382. The number of aliphatic carboxylic acids is 1. The summed E-state index contributed by atoms with van der Waals surface area (Å²) in [7, 11) is 0. The molecule has 1 N–H and O–H groups in total. The number of rotatable bonds is 3. The zero-order valence-electron chi connectivity index (χ0n) is 3.56. The van der Waals surface area contributed by atoms with Crippen molar-refractivity contribution in [1.29, 1.82) is 0 Å². The van der Waals surface area contributed by atoms with Gasteiger partial charge in [-0.1, -0.05) is 0 Å². The highest BCUT2D eigenvalue weighted by Crippen LogP contribution is 1.83. The Morgan fingerprint density at radius 2 is 2.43 bits per heavy atom. The average Bonchev–Trinajstić information content (AvgIpc) is 1.61. The molecule has 3 nitrogen and oxygen atoms in total. The summed E-state index contributed by atoms with van der Waals surface area (Å²) in [5.41, 5.74) is 0. The van der Waals surface area contributed by atoms with Crippen LogP contribution in [0.4, 0.5) is 0 Å².